The normalized spacial score (nSPS) is 19.6. The molecule has 0 unspecified atom stereocenters. The molecular formula is C33H36F6N6O5. The second kappa shape index (κ2) is 14.7. The number of carbonyl (C=O) groups excluding carboxylic acids is 1. The van der Waals surface area contributed by atoms with Gasteiger partial charge in [-0.3, -0.25) is 14.6 Å². The van der Waals surface area contributed by atoms with Crippen LogP contribution in [0, 0.1) is 0 Å². The van der Waals surface area contributed by atoms with Crippen molar-refractivity contribution in [3.8, 4) is 5.88 Å². The van der Waals surface area contributed by atoms with Crippen molar-refractivity contribution in [2.75, 3.05) is 30.1 Å². The van der Waals surface area contributed by atoms with Crippen LogP contribution < -0.4 is 14.5 Å². The summed E-state index contributed by atoms with van der Waals surface area (Å²) in [5.41, 5.74) is -2.13. The van der Waals surface area contributed by atoms with Crippen LogP contribution in [0.15, 0.2) is 42.7 Å². The molecule has 50 heavy (non-hydrogen) atoms. The topological polar surface area (TPSA) is 121 Å². The zero-order chi connectivity index (χ0) is 36.4. The Morgan fingerprint density at radius 1 is 1.00 bits per heavy atom. The minimum atomic E-state index is -5.07. The van der Waals surface area contributed by atoms with Crippen LogP contribution in [0.2, 0.25) is 0 Å². The number of fused-ring (bicyclic) bond motifs is 1. The van der Waals surface area contributed by atoms with Crippen LogP contribution >= 0.6 is 0 Å². The fourth-order valence-corrected chi connectivity index (χ4v) is 6.48. The van der Waals surface area contributed by atoms with Gasteiger partial charge in [0.2, 0.25) is 11.8 Å². The van der Waals surface area contributed by atoms with Gasteiger partial charge >= 0.3 is 24.4 Å². The van der Waals surface area contributed by atoms with E-state index in [4.69, 9.17) is 9.47 Å². The largest absolute Gasteiger partial charge is 0.481 e. The highest BCUT2D eigenvalue weighted by atomic mass is 19.4. The Hall–Kier alpha value is -4.67. The average Bonchev–Trinajstić information content (AvgIpc) is 3.54. The molecular weight excluding hydrogens is 674 g/mol. The maximum Gasteiger partial charge on any atom is 0.416 e. The number of aromatic nitrogens is 3. The molecule has 0 saturated carbocycles. The molecule has 1 fully saturated rings. The predicted molar refractivity (Wildman–Crippen MR) is 167 cm³/mol. The van der Waals surface area contributed by atoms with Crippen LogP contribution in [0.5, 0.6) is 5.88 Å². The Balaban J connectivity index is 1.63. The van der Waals surface area contributed by atoms with Crippen LogP contribution in [0.3, 0.4) is 0 Å². The van der Waals surface area contributed by atoms with E-state index in [0.29, 0.717) is 49.2 Å². The van der Waals surface area contributed by atoms with Gasteiger partial charge in [0.15, 0.2) is 0 Å². The van der Waals surface area contributed by atoms with Crippen molar-refractivity contribution in [2.24, 2.45) is 0 Å². The summed E-state index contributed by atoms with van der Waals surface area (Å²) in [7, 11) is 1.38. The summed E-state index contributed by atoms with van der Waals surface area (Å²) in [6, 6.07) is 2.44. The smallest absolute Gasteiger partial charge is 0.416 e. The third-order valence-corrected chi connectivity index (χ3v) is 8.82. The Bertz CT molecular complexity index is 1660. The molecule has 1 amide bonds. The molecule has 2 aliphatic rings. The quantitative estimate of drug-likeness (QED) is 0.224. The standard InChI is InChI=1S/C33H36F6N6O5/c1-4-23-14-26(28-24(8-9-27(42-28)49-3)45(23)31(48)50-5-2)44(18-19-11-21(32(34,35)36)13-22(12-19)33(37,38)39)30-40-15-20(16-41-30)17-43-10-6-7-25(43)29(46)47/h8-9,11-13,15-16,23,25-26H,4-7,10,14,17-18H2,1-3H3,(H,46,47)/t23-,25+,26+/m1/s1. The molecule has 0 spiro atoms. The summed E-state index contributed by atoms with van der Waals surface area (Å²) in [6.07, 6.45) is -6.16. The number of rotatable bonds is 10. The summed E-state index contributed by atoms with van der Waals surface area (Å²) in [6.45, 7) is 3.83. The Labute approximate surface area is 283 Å². The molecule has 4 heterocycles. The number of halogens is 6. The first-order valence-corrected chi connectivity index (χ1v) is 16.0. The number of pyridine rings is 1. The number of carboxylic acid groups (broad SMARTS) is 1. The first-order chi connectivity index (χ1) is 23.6. The lowest BCUT2D eigenvalue weighted by molar-refractivity contribution is -0.144. The number of alkyl halides is 6. The number of methoxy groups -OCH3 is 1. The van der Waals surface area contributed by atoms with Crippen molar-refractivity contribution in [3.63, 3.8) is 0 Å². The van der Waals surface area contributed by atoms with Gasteiger partial charge in [-0.05, 0) is 69.0 Å². The molecule has 17 heteroatoms. The molecule has 0 bridgehead atoms. The lowest BCUT2D eigenvalue weighted by Crippen LogP contribution is -2.48. The minimum Gasteiger partial charge on any atom is -0.481 e. The maximum atomic E-state index is 13.9. The summed E-state index contributed by atoms with van der Waals surface area (Å²) in [5.74, 6) is -0.830. The second-order valence-corrected chi connectivity index (χ2v) is 12.0. The van der Waals surface area contributed by atoms with E-state index < -0.39 is 60.2 Å². The Morgan fingerprint density at radius 2 is 1.66 bits per heavy atom. The zero-order valence-corrected chi connectivity index (χ0v) is 27.5. The van der Waals surface area contributed by atoms with Crippen molar-refractivity contribution in [2.45, 2.75) is 83.1 Å². The molecule has 0 aliphatic carbocycles. The molecule has 2 aromatic heterocycles. The molecule has 2 aliphatic heterocycles. The number of carbonyl (C=O) groups is 2. The first kappa shape index (κ1) is 36.6. The number of nitrogens with zero attached hydrogens (tertiary/aromatic N) is 6. The SMILES string of the molecule is CCOC(=O)N1c2ccc(OC)nc2[C@@H](N(Cc2cc(C(F)(F)F)cc(C(F)(F)F)c2)c2ncc(CN3CCC[C@H]3C(=O)O)cn2)C[C@H]1CC. The number of likely N-dealkylation sites (tertiary alicyclic amines) is 1. The molecule has 270 valence electrons. The van der Waals surface area contributed by atoms with Gasteiger partial charge in [-0.15, -0.1) is 0 Å². The summed E-state index contributed by atoms with van der Waals surface area (Å²) < 4.78 is 93.9. The van der Waals surface area contributed by atoms with E-state index in [2.05, 4.69) is 15.0 Å². The van der Waals surface area contributed by atoms with Crippen LogP contribution in [0.4, 0.5) is 42.8 Å². The Kier molecular flexibility index (Phi) is 10.7. The number of amides is 1. The number of hydrogen-bond donors (Lipinski definition) is 1. The first-order valence-electron chi connectivity index (χ1n) is 16.0. The average molecular weight is 711 g/mol. The van der Waals surface area contributed by atoms with E-state index in [9.17, 15) is 41.0 Å². The lowest BCUT2D eigenvalue weighted by Gasteiger charge is -2.43. The van der Waals surface area contributed by atoms with Gasteiger partial charge in [0, 0.05) is 43.2 Å². The van der Waals surface area contributed by atoms with E-state index >= 15 is 0 Å². The third kappa shape index (κ3) is 7.87. The van der Waals surface area contributed by atoms with Crippen molar-refractivity contribution < 1.29 is 50.5 Å². The summed E-state index contributed by atoms with van der Waals surface area (Å²) >= 11 is 0. The number of anilines is 2. The molecule has 1 aromatic carbocycles. The molecule has 11 nitrogen and oxygen atoms in total. The maximum absolute atomic E-state index is 13.9. The number of hydrogen-bond acceptors (Lipinski definition) is 9. The van der Waals surface area contributed by atoms with Crippen LogP contribution in [-0.4, -0.2) is 69.4 Å². The third-order valence-electron chi connectivity index (χ3n) is 8.82. The van der Waals surface area contributed by atoms with Gasteiger partial charge in [-0.25, -0.2) is 19.7 Å². The molecule has 3 aromatic rings. The van der Waals surface area contributed by atoms with Crippen LogP contribution in [0.1, 0.15) is 73.5 Å². The van der Waals surface area contributed by atoms with Gasteiger partial charge in [0.1, 0.15) is 6.04 Å². The van der Waals surface area contributed by atoms with Crippen molar-refractivity contribution in [1.29, 1.82) is 0 Å². The highest BCUT2D eigenvalue weighted by Gasteiger charge is 2.42. The van der Waals surface area contributed by atoms with E-state index in [1.54, 1.807) is 17.9 Å². The van der Waals surface area contributed by atoms with Crippen molar-refractivity contribution in [3.05, 3.63) is 70.7 Å². The van der Waals surface area contributed by atoms with Crippen molar-refractivity contribution >= 4 is 23.7 Å². The molecule has 1 saturated heterocycles. The highest BCUT2D eigenvalue weighted by molar-refractivity contribution is 5.90. The highest BCUT2D eigenvalue weighted by Crippen LogP contribution is 2.44. The predicted octanol–water partition coefficient (Wildman–Crippen LogP) is 6.86. The number of ether oxygens (including phenoxy) is 2. The fraction of sp³-hybridized carbons (Fsp3) is 0.485. The van der Waals surface area contributed by atoms with Gasteiger partial charge < -0.3 is 19.5 Å². The van der Waals surface area contributed by atoms with E-state index in [-0.39, 0.29) is 48.7 Å². The lowest BCUT2D eigenvalue weighted by atomic mass is 9.92. The van der Waals surface area contributed by atoms with Crippen molar-refractivity contribution in [1.82, 2.24) is 19.9 Å². The van der Waals surface area contributed by atoms with Gasteiger partial charge in [0.25, 0.3) is 0 Å². The van der Waals surface area contributed by atoms with Crippen LogP contribution in [0.25, 0.3) is 0 Å². The number of aliphatic carboxylic acids is 1. The summed E-state index contributed by atoms with van der Waals surface area (Å²) in [5, 5.41) is 9.58. The van der Waals surface area contributed by atoms with Gasteiger partial charge in [0.05, 0.1) is 42.3 Å². The van der Waals surface area contributed by atoms with E-state index in [1.807, 2.05) is 6.92 Å². The van der Waals surface area contributed by atoms with E-state index in [1.165, 1.54) is 35.4 Å². The fourth-order valence-electron chi connectivity index (χ4n) is 6.48. The molecule has 0 radical (unpaired) electrons. The molecule has 3 atom stereocenters. The number of carboxylic acids is 1. The monoisotopic (exact) mass is 710 g/mol. The molecule has 5 rings (SSSR count). The summed E-state index contributed by atoms with van der Waals surface area (Å²) in [4.78, 5) is 43.1. The van der Waals surface area contributed by atoms with E-state index in [0.717, 1.165) is 0 Å². The Morgan fingerprint density at radius 3 is 2.22 bits per heavy atom. The second-order valence-electron chi connectivity index (χ2n) is 12.0. The van der Waals surface area contributed by atoms with Gasteiger partial charge in [-0.1, -0.05) is 6.92 Å². The van der Waals surface area contributed by atoms with Crippen LogP contribution in [-0.2, 0) is 35.0 Å². The van der Waals surface area contributed by atoms with Gasteiger partial charge in [-0.2, -0.15) is 26.3 Å². The zero-order valence-electron chi connectivity index (χ0n) is 27.5. The molecule has 1 N–H and O–H groups in total. The number of benzene rings is 1. The minimum absolute atomic E-state index is 0.0315.